The van der Waals surface area contributed by atoms with E-state index in [1.807, 2.05) is 30.3 Å². The summed E-state index contributed by atoms with van der Waals surface area (Å²) in [4.78, 5) is 21.6. The molecule has 0 saturated heterocycles. The van der Waals surface area contributed by atoms with E-state index in [2.05, 4.69) is 0 Å². The van der Waals surface area contributed by atoms with Crippen molar-refractivity contribution < 1.29 is 19.4 Å². The highest BCUT2D eigenvalue weighted by molar-refractivity contribution is 6.03. The van der Waals surface area contributed by atoms with E-state index in [-0.39, 0.29) is 0 Å². The van der Waals surface area contributed by atoms with Crippen molar-refractivity contribution in [2.45, 2.75) is 6.42 Å². The number of allylic oxidation sites excluding steroid dienone is 1. The normalized spacial score (nSPS) is 10.5. The molecule has 0 aromatic heterocycles. The molecule has 0 aliphatic carbocycles. The Labute approximate surface area is 122 Å². The lowest BCUT2D eigenvalue weighted by atomic mass is 10.1. The number of rotatable bonds is 6. The Balaban J connectivity index is 1.97. The number of benzene rings is 2. The maximum Gasteiger partial charge on any atom is 0.311 e. The molecule has 1 N–H and O–H groups in total. The summed E-state index contributed by atoms with van der Waals surface area (Å²) in [7, 11) is 0. The van der Waals surface area contributed by atoms with Crippen LogP contribution in [0.1, 0.15) is 12.0 Å². The molecule has 0 atom stereocenters. The van der Waals surface area contributed by atoms with Gasteiger partial charge in [0.25, 0.3) is 0 Å². The zero-order valence-corrected chi connectivity index (χ0v) is 11.2. The van der Waals surface area contributed by atoms with Gasteiger partial charge in [0.15, 0.2) is 5.78 Å². The minimum absolute atomic E-state index is 0.438. The fraction of sp³-hybridized carbons (Fsp3) is 0.0588. The van der Waals surface area contributed by atoms with E-state index in [0.29, 0.717) is 5.75 Å². The van der Waals surface area contributed by atoms with E-state index >= 15 is 0 Å². The first kappa shape index (κ1) is 14.5. The Morgan fingerprint density at radius 1 is 0.952 bits per heavy atom. The van der Waals surface area contributed by atoms with E-state index < -0.39 is 18.2 Å². The summed E-state index contributed by atoms with van der Waals surface area (Å²) in [5, 5.41) is 8.49. The first-order chi connectivity index (χ1) is 10.1. The van der Waals surface area contributed by atoms with Gasteiger partial charge in [0.1, 0.15) is 17.9 Å². The van der Waals surface area contributed by atoms with Gasteiger partial charge in [0, 0.05) is 0 Å². The highest BCUT2D eigenvalue weighted by Crippen LogP contribution is 2.21. The zero-order chi connectivity index (χ0) is 15.1. The SMILES string of the molecule is O=C(O)CC(=O)C=Cc1ccc(Oc2ccccc2)cc1. The van der Waals surface area contributed by atoms with Crippen molar-refractivity contribution in [3.05, 3.63) is 66.2 Å². The molecular weight excluding hydrogens is 268 g/mol. The number of aliphatic carboxylic acids is 1. The van der Waals surface area contributed by atoms with Gasteiger partial charge in [-0.1, -0.05) is 36.4 Å². The third-order valence-electron chi connectivity index (χ3n) is 2.65. The van der Waals surface area contributed by atoms with Crippen LogP contribution in [0.2, 0.25) is 0 Å². The number of carboxylic acid groups (broad SMARTS) is 1. The lowest BCUT2D eigenvalue weighted by Gasteiger charge is -2.05. The standard InChI is InChI=1S/C17H14O4/c18-14(12-17(19)20)9-6-13-7-10-16(11-8-13)21-15-4-2-1-3-5-15/h1-11H,12H2,(H,19,20). The van der Waals surface area contributed by atoms with Gasteiger partial charge in [0.2, 0.25) is 0 Å². The quantitative estimate of drug-likeness (QED) is 0.650. The van der Waals surface area contributed by atoms with Crippen LogP contribution in [0.5, 0.6) is 11.5 Å². The second-order valence-electron chi connectivity index (χ2n) is 4.35. The molecule has 0 aliphatic rings. The average molecular weight is 282 g/mol. The Morgan fingerprint density at radius 2 is 1.57 bits per heavy atom. The first-order valence-corrected chi connectivity index (χ1v) is 6.39. The average Bonchev–Trinajstić information content (AvgIpc) is 2.47. The zero-order valence-electron chi connectivity index (χ0n) is 11.2. The van der Waals surface area contributed by atoms with Crippen LogP contribution in [0, 0.1) is 0 Å². The minimum atomic E-state index is -1.13. The van der Waals surface area contributed by atoms with Gasteiger partial charge < -0.3 is 9.84 Å². The summed E-state index contributed by atoms with van der Waals surface area (Å²) in [5.74, 6) is -0.129. The molecule has 2 aromatic rings. The fourth-order valence-corrected chi connectivity index (χ4v) is 1.67. The van der Waals surface area contributed by atoms with Crippen LogP contribution in [0.15, 0.2) is 60.7 Å². The summed E-state index contributed by atoms with van der Waals surface area (Å²) in [6, 6.07) is 16.6. The van der Waals surface area contributed by atoms with E-state index in [0.717, 1.165) is 11.3 Å². The molecule has 2 aromatic carbocycles. The van der Waals surface area contributed by atoms with Crippen molar-refractivity contribution in [2.24, 2.45) is 0 Å². The van der Waals surface area contributed by atoms with Crippen molar-refractivity contribution >= 4 is 17.8 Å². The Kier molecular flexibility index (Phi) is 4.88. The molecule has 0 aliphatic heterocycles. The van der Waals surface area contributed by atoms with E-state index in [1.165, 1.54) is 6.08 Å². The van der Waals surface area contributed by atoms with Crippen LogP contribution in [0.25, 0.3) is 6.08 Å². The number of ether oxygens (including phenoxy) is 1. The molecule has 0 spiro atoms. The molecule has 0 amide bonds. The second-order valence-corrected chi connectivity index (χ2v) is 4.35. The van der Waals surface area contributed by atoms with Crippen LogP contribution in [-0.4, -0.2) is 16.9 Å². The number of ketones is 1. The van der Waals surface area contributed by atoms with Gasteiger partial charge in [-0.15, -0.1) is 0 Å². The number of para-hydroxylation sites is 1. The van der Waals surface area contributed by atoms with Crippen molar-refractivity contribution in [1.29, 1.82) is 0 Å². The van der Waals surface area contributed by atoms with Crippen molar-refractivity contribution in [3.63, 3.8) is 0 Å². The fourth-order valence-electron chi connectivity index (χ4n) is 1.67. The number of hydrogen-bond acceptors (Lipinski definition) is 3. The Hall–Kier alpha value is -2.88. The minimum Gasteiger partial charge on any atom is -0.481 e. The van der Waals surface area contributed by atoms with Crippen molar-refractivity contribution in [1.82, 2.24) is 0 Å². The Bertz CT molecular complexity index is 642. The molecule has 21 heavy (non-hydrogen) atoms. The Morgan fingerprint density at radius 3 is 2.19 bits per heavy atom. The smallest absolute Gasteiger partial charge is 0.311 e. The highest BCUT2D eigenvalue weighted by Gasteiger charge is 2.03. The van der Waals surface area contributed by atoms with Gasteiger partial charge in [-0.2, -0.15) is 0 Å². The molecule has 106 valence electrons. The van der Waals surface area contributed by atoms with Gasteiger partial charge in [-0.25, -0.2) is 0 Å². The third kappa shape index (κ3) is 4.95. The van der Waals surface area contributed by atoms with Gasteiger partial charge in [-0.3, -0.25) is 9.59 Å². The summed E-state index contributed by atoms with van der Waals surface area (Å²) in [6.07, 6.45) is 2.35. The monoisotopic (exact) mass is 282 g/mol. The largest absolute Gasteiger partial charge is 0.481 e. The molecule has 0 saturated carbocycles. The molecule has 4 heteroatoms. The molecule has 4 nitrogen and oxygen atoms in total. The molecule has 0 bridgehead atoms. The third-order valence-corrected chi connectivity index (χ3v) is 2.65. The number of carbonyl (C=O) groups excluding carboxylic acids is 1. The number of carbonyl (C=O) groups is 2. The molecule has 0 unspecified atom stereocenters. The van der Waals surface area contributed by atoms with Crippen molar-refractivity contribution in [2.75, 3.05) is 0 Å². The number of carboxylic acids is 1. The van der Waals surface area contributed by atoms with E-state index in [1.54, 1.807) is 30.3 Å². The maximum absolute atomic E-state index is 11.2. The molecule has 0 radical (unpaired) electrons. The van der Waals surface area contributed by atoms with Crippen LogP contribution >= 0.6 is 0 Å². The van der Waals surface area contributed by atoms with Crippen LogP contribution in [-0.2, 0) is 9.59 Å². The first-order valence-electron chi connectivity index (χ1n) is 6.39. The van der Waals surface area contributed by atoms with Gasteiger partial charge in [-0.05, 0) is 35.9 Å². The topological polar surface area (TPSA) is 63.6 Å². The summed E-state index contributed by atoms with van der Waals surface area (Å²) < 4.78 is 5.64. The molecular formula is C17H14O4. The summed E-state index contributed by atoms with van der Waals surface area (Å²) in [6.45, 7) is 0. The predicted octanol–water partition coefficient (Wildman–Crippen LogP) is 3.54. The predicted molar refractivity (Wildman–Crippen MR) is 79.3 cm³/mol. The lowest BCUT2D eigenvalue weighted by Crippen LogP contribution is -2.02. The van der Waals surface area contributed by atoms with Crippen LogP contribution < -0.4 is 4.74 Å². The van der Waals surface area contributed by atoms with E-state index in [9.17, 15) is 9.59 Å². The summed E-state index contributed by atoms with van der Waals surface area (Å²) in [5.41, 5.74) is 0.800. The van der Waals surface area contributed by atoms with Crippen LogP contribution in [0.4, 0.5) is 0 Å². The second kappa shape index (κ2) is 7.05. The summed E-state index contributed by atoms with van der Waals surface area (Å²) >= 11 is 0. The van der Waals surface area contributed by atoms with E-state index in [4.69, 9.17) is 9.84 Å². The lowest BCUT2D eigenvalue weighted by molar-refractivity contribution is -0.139. The number of hydrogen-bond donors (Lipinski definition) is 1. The highest BCUT2D eigenvalue weighted by atomic mass is 16.5. The van der Waals surface area contributed by atoms with Crippen molar-refractivity contribution in [3.8, 4) is 11.5 Å². The van der Waals surface area contributed by atoms with Gasteiger partial charge >= 0.3 is 5.97 Å². The molecule has 0 heterocycles. The van der Waals surface area contributed by atoms with Crippen LogP contribution in [0.3, 0.4) is 0 Å². The maximum atomic E-state index is 11.2. The molecule has 2 rings (SSSR count). The molecule has 0 fully saturated rings. The van der Waals surface area contributed by atoms with Gasteiger partial charge in [0.05, 0.1) is 0 Å².